The summed E-state index contributed by atoms with van der Waals surface area (Å²) in [6.07, 6.45) is 5.19. The van der Waals surface area contributed by atoms with Gasteiger partial charge >= 0.3 is 0 Å². The maximum Gasteiger partial charge on any atom is 0.180 e. The van der Waals surface area contributed by atoms with E-state index in [0.717, 1.165) is 25.3 Å². The van der Waals surface area contributed by atoms with Gasteiger partial charge in [-0.2, -0.15) is 0 Å². The minimum Gasteiger partial charge on any atom is -0.396 e. The number of rotatable bonds is 1. The van der Waals surface area contributed by atoms with Crippen LogP contribution in [0.1, 0.15) is 31.2 Å². The van der Waals surface area contributed by atoms with Crippen molar-refractivity contribution in [3.8, 4) is 0 Å². The lowest BCUT2D eigenvalue weighted by Crippen LogP contribution is -2.12. The van der Waals surface area contributed by atoms with E-state index < -0.39 is 0 Å². The third kappa shape index (κ3) is 1.53. The van der Waals surface area contributed by atoms with Crippen LogP contribution in [0.4, 0.5) is 5.69 Å². The van der Waals surface area contributed by atoms with Crippen molar-refractivity contribution in [1.82, 2.24) is 14.6 Å². The molecule has 1 atom stereocenters. The van der Waals surface area contributed by atoms with Crippen molar-refractivity contribution in [2.24, 2.45) is 0 Å². The number of hydrogen-bond acceptors (Lipinski definition) is 4. The zero-order valence-corrected chi connectivity index (χ0v) is 8.97. The zero-order chi connectivity index (χ0) is 11.0. The molecule has 16 heavy (non-hydrogen) atoms. The van der Waals surface area contributed by atoms with Gasteiger partial charge in [0.2, 0.25) is 0 Å². The number of anilines is 1. The van der Waals surface area contributed by atoms with Gasteiger partial charge in [0.1, 0.15) is 6.10 Å². The van der Waals surface area contributed by atoms with Gasteiger partial charge in [-0.15, -0.1) is 5.10 Å². The van der Waals surface area contributed by atoms with Crippen LogP contribution in [0.5, 0.6) is 0 Å². The van der Waals surface area contributed by atoms with E-state index in [1.165, 1.54) is 6.42 Å². The third-order valence-corrected chi connectivity index (χ3v) is 2.88. The second kappa shape index (κ2) is 3.75. The van der Waals surface area contributed by atoms with Crippen LogP contribution < -0.4 is 5.73 Å². The van der Waals surface area contributed by atoms with Gasteiger partial charge in [0.25, 0.3) is 0 Å². The molecule has 1 saturated heterocycles. The monoisotopic (exact) mass is 218 g/mol. The van der Waals surface area contributed by atoms with E-state index in [9.17, 15) is 0 Å². The highest BCUT2D eigenvalue weighted by Gasteiger charge is 2.20. The first-order valence-corrected chi connectivity index (χ1v) is 5.57. The fourth-order valence-electron chi connectivity index (χ4n) is 2.02. The van der Waals surface area contributed by atoms with Crippen molar-refractivity contribution in [3.63, 3.8) is 0 Å². The Morgan fingerprint density at radius 1 is 1.44 bits per heavy atom. The fraction of sp³-hybridized carbons (Fsp3) is 0.455. The van der Waals surface area contributed by atoms with E-state index in [1.807, 2.05) is 18.3 Å². The van der Waals surface area contributed by atoms with Crippen molar-refractivity contribution in [2.45, 2.75) is 25.4 Å². The van der Waals surface area contributed by atoms with Gasteiger partial charge in [0.05, 0.1) is 5.69 Å². The Morgan fingerprint density at radius 3 is 3.12 bits per heavy atom. The minimum absolute atomic E-state index is 0.0352. The molecule has 1 fully saturated rings. The first-order chi connectivity index (χ1) is 7.84. The fourth-order valence-corrected chi connectivity index (χ4v) is 2.02. The highest BCUT2D eigenvalue weighted by Crippen LogP contribution is 2.26. The van der Waals surface area contributed by atoms with E-state index in [0.29, 0.717) is 11.3 Å². The van der Waals surface area contributed by atoms with Gasteiger partial charge in [-0.1, -0.05) is 0 Å². The van der Waals surface area contributed by atoms with Crippen molar-refractivity contribution in [1.29, 1.82) is 0 Å². The normalized spacial score (nSPS) is 21.4. The average molecular weight is 218 g/mol. The summed E-state index contributed by atoms with van der Waals surface area (Å²) in [6.45, 7) is 0.801. The molecular formula is C11H14N4O. The highest BCUT2D eigenvalue weighted by atomic mass is 16.5. The lowest BCUT2D eigenvalue weighted by Gasteiger charge is -2.19. The Balaban J connectivity index is 2.01. The molecule has 84 valence electrons. The van der Waals surface area contributed by atoms with Gasteiger partial charge in [-0.25, -0.2) is 9.50 Å². The second-order valence-corrected chi connectivity index (χ2v) is 4.06. The molecule has 0 aromatic carbocycles. The van der Waals surface area contributed by atoms with E-state index in [4.69, 9.17) is 10.5 Å². The van der Waals surface area contributed by atoms with Crippen LogP contribution >= 0.6 is 0 Å². The Labute approximate surface area is 93.2 Å². The van der Waals surface area contributed by atoms with E-state index in [2.05, 4.69) is 10.1 Å². The zero-order valence-electron chi connectivity index (χ0n) is 8.97. The molecule has 0 saturated carbocycles. The third-order valence-electron chi connectivity index (χ3n) is 2.88. The number of nitrogen functional groups attached to an aromatic ring is 1. The molecule has 5 heteroatoms. The Morgan fingerprint density at radius 2 is 2.38 bits per heavy atom. The molecule has 0 radical (unpaired) electrons. The molecule has 3 rings (SSSR count). The summed E-state index contributed by atoms with van der Waals surface area (Å²) in [5.74, 6) is 0.748. The van der Waals surface area contributed by atoms with Crippen molar-refractivity contribution in [3.05, 3.63) is 24.2 Å². The summed E-state index contributed by atoms with van der Waals surface area (Å²) < 4.78 is 7.37. The van der Waals surface area contributed by atoms with Crippen LogP contribution in [-0.4, -0.2) is 21.2 Å². The molecule has 0 aliphatic carbocycles. The second-order valence-electron chi connectivity index (χ2n) is 4.06. The summed E-state index contributed by atoms with van der Waals surface area (Å²) in [5.41, 5.74) is 7.20. The summed E-state index contributed by atoms with van der Waals surface area (Å²) >= 11 is 0. The van der Waals surface area contributed by atoms with Crippen LogP contribution in [0.3, 0.4) is 0 Å². The molecule has 1 aliphatic heterocycles. The van der Waals surface area contributed by atoms with Crippen LogP contribution in [0.25, 0.3) is 5.65 Å². The molecule has 2 aromatic rings. The smallest absolute Gasteiger partial charge is 0.180 e. The van der Waals surface area contributed by atoms with Crippen LogP contribution in [0.2, 0.25) is 0 Å². The van der Waals surface area contributed by atoms with Gasteiger partial charge in [-0.05, 0) is 31.4 Å². The predicted molar refractivity (Wildman–Crippen MR) is 59.9 cm³/mol. The highest BCUT2D eigenvalue weighted by molar-refractivity contribution is 5.63. The van der Waals surface area contributed by atoms with Crippen LogP contribution in [0, 0.1) is 0 Å². The molecular weight excluding hydrogens is 204 g/mol. The number of ether oxygens (including phenoxy) is 1. The van der Waals surface area contributed by atoms with Crippen molar-refractivity contribution < 1.29 is 4.74 Å². The largest absolute Gasteiger partial charge is 0.396 e. The number of aromatic nitrogens is 3. The Bertz CT molecular complexity index is 502. The molecule has 1 aliphatic rings. The van der Waals surface area contributed by atoms with Crippen LogP contribution in [-0.2, 0) is 4.74 Å². The van der Waals surface area contributed by atoms with Crippen LogP contribution in [0.15, 0.2) is 18.3 Å². The summed E-state index contributed by atoms with van der Waals surface area (Å²) in [4.78, 5) is 4.44. The molecule has 2 aromatic heterocycles. The summed E-state index contributed by atoms with van der Waals surface area (Å²) in [6, 6.07) is 3.69. The maximum absolute atomic E-state index is 5.83. The van der Waals surface area contributed by atoms with Gasteiger partial charge < -0.3 is 10.5 Å². The Kier molecular flexibility index (Phi) is 2.25. The van der Waals surface area contributed by atoms with Crippen molar-refractivity contribution in [2.75, 3.05) is 12.3 Å². The van der Waals surface area contributed by atoms with E-state index in [1.54, 1.807) is 4.52 Å². The SMILES string of the molecule is Nc1cccn2nc(C3CCCCO3)nc12. The van der Waals surface area contributed by atoms with Gasteiger partial charge in [-0.3, -0.25) is 0 Å². The molecule has 0 bridgehead atoms. The van der Waals surface area contributed by atoms with E-state index >= 15 is 0 Å². The number of fused-ring (bicyclic) bond motifs is 1. The number of nitrogens with zero attached hydrogens (tertiary/aromatic N) is 3. The summed E-state index contributed by atoms with van der Waals surface area (Å²) in [7, 11) is 0. The molecule has 0 amide bonds. The average Bonchev–Trinajstić information content (AvgIpc) is 2.76. The standard InChI is InChI=1S/C11H14N4O/c12-8-4-3-6-15-11(8)13-10(14-15)9-5-1-2-7-16-9/h3-4,6,9H,1-2,5,7,12H2. The predicted octanol–water partition coefficient (Wildman–Crippen LogP) is 1.55. The first kappa shape index (κ1) is 9.59. The van der Waals surface area contributed by atoms with E-state index in [-0.39, 0.29) is 6.10 Å². The van der Waals surface area contributed by atoms with Gasteiger partial charge in [0.15, 0.2) is 11.5 Å². The number of pyridine rings is 1. The van der Waals surface area contributed by atoms with Gasteiger partial charge in [0, 0.05) is 12.8 Å². The number of hydrogen-bond donors (Lipinski definition) is 1. The molecule has 2 N–H and O–H groups in total. The lowest BCUT2D eigenvalue weighted by molar-refractivity contribution is 0.00962. The minimum atomic E-state index is 0.0352. The maximum atomic E-state index is 5.83. The molecule has 3 heterocycles. The molecule has 0 spiro atoms. The lowest BCUT2D eigenvalue weighted by atomic mass is 10.1. The number of nitrogens with two attached hydrogens (primary N) is 1. The summed E-state index contributed by atoms with van der Waals surface area (Å²) in [5, 5.41) is 4.40. The Hall–Kier alpha value is -1.62. The quantitative estimate of drug-likeness (QED) is 0.788. The topological polar surface area (TPSA) is 65.4 Å². The van der Waals surface area contributed by atoms with Crippen molar-refractivity contribution >= 4 is 11.3 Å². The molecule has 1 unspecified atom stereocenters. The first-order valence-electron chi connectivity index (χ1n) is 5.57. The molecule has 5 nitrogen and oxygen atoms in total.